The van der Waals surface area contributed by atoms with Crippen LogP contribution in [0.4, 0.5) is 0 Å². The number of carbonyl (C=O) groups excluding carboxylic acids is 5. The molecular formula is C53H88O13S. The van der Waals surface area contributed by atoms with Gasteiger partial charge in [0, 0.05) is 18.3 Å². The Morgan fingerprint density at radius 2 is 1.10 bits per heavy atom. The van der Waals surface area contributed by atoms with Crippen LogP contribution in [0.5, 0.6) is 0 Å². The molecule has 0 N–H and O–H groups in total. The maximum Gasteiger partial charge on any atom is 0.347 e. The number of hydrogen-bond donors (Lipinski definition) is 0. The van der Waals surface area contributed by atoms with Crippen molar-refractivity contribution in [1.29, 1.82) is 0 Å². The summed E-state index contributed by atoms with van der Waals surface area (Å²) in [5.41, 5.74) is -2.12. The van der Waals surface area contributed by atoms with Gasteiger partial charge in [-0.1, -0.05) is 34.6 Å². The number of carbonyl (C=O) groups is 5. The quantitative estimate of drug-likeness (QED) is 0.0914. The Labute approximate surface area is 403 Å². The van der Waals surface area contributed by atoms with Crippen molar-refractivity contribution in [3.05, 3.63) is 0 Å². The topological polar surface area (TPSA) is 175 Å². The molecule has 7 aliphatic carbocycles. The van der Waals surface area contributed by atoms with Crippen LogP contribution in [0.15, 0.2) is 0 Å². The maximum absolute atomic E-state index is 12.6. The molecule has 6 unspecified atom stereocenters. The first-order chi connectivity index (χ1) is 30.9. The fourth-order valence-electron chi connectivity index (χ4n) is 11.1. The van der Waals surface area contributed by atoms with Gasteiger partial charge in [0.1, 0.15) is 23.4 Å². The van der Waals surface area contributed by atoms with E-state index in [9.17, 15) is 32.4 Å². The third kappa shape index (κ3) is 12.1. The fraction of sp³-hybridized carbons (Fsp3) is 0.906. The summed E-state index contributed by atoms with van der Waals surface area (Å²) in [4.78, 5) is 59.2. The third-order valence-corrected chi connectivity index (χ3v) is 19.6. The van der Waals surface area contributed by atoms with Gasteiger partial charge in [0.05, 0.1) is 33.5 Å². The van der Waals surface area contributed by atoms with Gasteiger partial charge in [-0.15, -0.1) is 0 Å². The number of esters is 5. The number of cyclic esters (lactones) is 1. The van der Waals surface area contributed by atoms with Crippen molar-refractivity contribution in [1.82, 2.24) is 0 Å². The van der Waals surface area contributed by atoms with E-state index in [4.69, 9.17) is 27.9 Å². The van der Waals surface area contributed by atoms with E-state index in [2.05, 4.69) is 13.8 Å². The van der Waals surface area contributed by atoms with E-state index in [0.29, 0.717) is 50.0 Å². The molecule has 384 valence electrons. The van der Waals surface area contributed by atoms with Crippen molar-refractivity contribution < 1.29 is 60.3 Å². The van der Waals surface area contributed by atoms with Gasteiger partial charge in [0.25, 0.3) is 10.1 Å². The Bertz CT molecular complexity index is 1880. The van der Waals surface area contributed by atoms with Gasteiger partial charge in [-0.05, 0) is 189 Å². The highest BCUT2D eigenvalue weighted by atomic mass is 32.2. The molecule has 0 aromatic rings. The van der Waals surface area contributed by atoms with Gasteiger partial charge in [-0.3, -0.25) is 23.4 Å². The first kappa shape index (κ1) is 55.2. The molecule has 14 heteroatoms. The van der Waals surface area contributed by atoms with Gasteiger partial charge in [-0.2, -0.15) is 8.42 Å². The number of hydrogen-bond acceptors (Lipinski definition) is 13. The summed E-state index contributed by atoms with van der Waals surface area (Å²) >= 11 is 0. The molecule has 9 fully saturated rings. The van der Waals surface area contributed by atoms with E-state index >= 15 is 0 Å². The van der Waals surface area contributed by atoms with E-state index in [1.165, 1.54) is 44.9 Å². The summed E-state index contributed by atoms with van der Waals surface area (Å²) in [5, 5.41) is -0.364. The van der Waals surface area contributed by atoms with Crippen molar-refractivity contribution in [2.45, 2.75) is 235 Å². The minimum absolute atomic E-state index is 0.0255. The van der Waals surface area contributed by atoms with Gasteiger partial charge >= 0.3 is 29.8 Å². The first-order valence-electron chi connectivity index (χ1n) is 25.9. The van der Waals surface area contributed by atoms with Crippen LogP contribution < -0.4 is 0 Å². The number of fused-ring (bicyclic) bond motifs is 1. The second-order valence-electron chi connectivity index (χ2n) is 24.4. The molecule has 0 aromatic heterocycles. The molecule has 6 bridgehead atoms. The van der Waals surface area contributed by atoms with Crippen LogP contribution in [0.2, 0.25) is 0 Å². The van der Waals surface area contributed by atoms with Crippen molar-refractivity contribution in [2.75, 3.05) is 6.61 Å². The van der Waals surface area contributed by atoms with Gasteiger partial charge in [0.15, 0.2) is 0 Å². The Morgan fingerprint density at radius 3 is 1.55 bits per heavy atom. The fourth-order valence-corrected chi connectivity index (χ4v) is 13.0. The molecule has 2 heterocycles. The van der Waals surface area contributed by atoms with Crippen molar-refractivity contribution in [3.63, 3.8) is 0 Å². The van der Waals surface area contributed by atoms with Crippen molar-refractivity contribution >= 4 is 40.0 Å². The van der Waals surface area contributed by atoms with Gasteiger partial charge in [-0.25, -0.2) is 4.79 Å². The predicted molar refractivity (Wildman–Crippen MR) is 254 cm³/mol. The average Bonchev–Trinajstić information content (AvgIpc) is 3.76. The van der Waals surface area contributed by atoms with E-state index in [0.717, 1.165) is 37.5 Å². The molecule has 2 aliphatic heterocycles. The minimum atomic E-state index is -3.43. The zero-order chi connectivity index (χ0) is 50.3. The molecule has 0 aromatic carbocycles. The summed E-state index contributed by atoms with van der Waals surface area (Å²) in [7, 11) is -3.43. The molecular weight excluding hydrogens is 877 g/mol. The summed E-state index contributed by atoms with van der Waals surface area (Å²) in [6, 6.07) is 0. The smallest absolute Gasteiger partial charge is 0.347 e. The monoisotopic (exact) mass is 965 g/mol. The molecule has 7 saturated carbocycles. The Balaban J connectivity index is 0.000000170. The Kier molecular flexibility index (Phi) is 16.9. The lowest BCUT2D eigenvalue weighted by Crippen LogP contribution is -2.60. The summed E-state index contributed by atoms with van der Waals surface area (Å²) in [6.45, 7) is 29.8. The van der Waals surface area contributed by atoms with Crippen LogP contribution in [0.25, 0.3) is 0 Å². The van der Waals surface area contributed by atoms with Crippen LogP contribution in [-0.4, -0.2) is 79.6 Å². The molecule has 9 rings (SSSR count). The van der Waals surface area contributed by atoms with E-state index in [1.54, 1.807) is 13.8 Å². The SMILES string of the molecule is CCC(C)(C)C(=O)OC(C)(C)C1CC1.CCC(C)(C)C(=O)OC1(CC)C2CC3CC(C2)CC1C3.CCC(C)(C)C(=O)OC1C2CC3C1OS(=O)(=O)C3C2.CCC(C)(C)C(=O)OC1CCOC1=O. The standard InChI is InChI=1S/C18H30O2.C13H20O5S.C12H22O2.C10H16O4/c1-5-17(3,4)16(19)20-18(6-2)14-8-12-7-13(10-14)11-15(18)9-12;1-4-13(2,3)12(14)17-10-7-5-8-9(6-7)19(15,16)18-11(8)10;1-6-11(2,3)10(13)14-12(4,5)9-7-8-9;1-4-10(2,3)9(12)14-7-5-6-13-8(7)11/h12-15H,5-11H2,1-4H3;7-11H,4-6H2,1-3H3;9H,6-8H2,1-5H3;7H,4-6H2,1-3H3. The molecule has 67 heavy (non-hydrogen) atoms. The number of ether oxygens (including phenoxy) is 5. The normalized spacial score (nSPS) is 33.2. The van der Waals surface area contributed by atoms with Gasteiger partial charge in [0.2, 0.25) is 6.10 Å². The molecule has 2 saturated heterocycles. The van der Waals surface area contributed by atoms with Crippen LogP contribution in [-0.2, 0) is 62.0 Å². The second kappa shape index (κ2) is 20.5. The highest BCUT2D eigenvalue weighted by Gasteiger charge is 2.66. The average molecular weight is 965 g/mol. The predicted octanol–water partition coefficient (Wildman–Crippen LogP) is 10.5. The zero-order valence-electron chi connectivity index (χ0n) is 43.9. The van der Waals surface area contributed by atoms with E-state index < -0.39 is 39.1 Å². The lowest BCUT2D eigenvalue weighted by molar-refractivity contribution is -0.218. The highest BCUT2D eigenvalue weighted by molar-refractivity contribution is 7.87. The van der Waals surface area contributed by atoms with Crippen LogP contribution in [0.1, 0.15) is 200 Å². The van der Waals surface area contributed by atoms with Crippen molar-refractivity contribution in [3.8, 4) is 0 Å². The molecule has 0 radical (unpaired) electrons. The first-order valence-corrected chi connectivity index (χ1v) is 27.4. The van der Waals surface area contributed by atoms with Crippen LogP contribution in [0.3, 0.4) is 0 Å². The molecule has 0 amide bonds. The largest absolute Gasteiger partial charge is 0.463 e. The third-order valence-electron chi connectivity index (χ3n) is 17.8. The Hall–Kier alpha value is -2.74. The second-order valence-corrected chi connectivity index (χ2v) is 26.2. The highest BCUT2D eigenvalue weighted by Crippen LogP contribution is 2.61. The molecule has 13 nitrogen and oxygen atoms in total. The minimum Gasteiger partial charge on any atom is -0.463 e. The van der Waals surface area contributed by atoms with Gasteiger partial charge < -0.3 is 23.7 Å². The zero-order valence-corrected chi connectivity index (χ0v) is 44.7. The van der Waals surface area contributed by atoms with Crippen LogP contribution in [0, 0.1) is 63.1 Å². The molecule has 0 spiro atoms. The lowest BCUT2D eigenvalue weighted by atomic mass is 9.49. The summed E-state index contributed by atoms with van der Waals surface area (Å²) in [5.74, 6) is 2.86. The van der Waals surface area contributed by atoms with E-state index in [-0.39, 0.29) is 69.1 Å². The molecule has 6 atom stereocenters. The summed E-state index contributed by atoms with van der Waals surface area (Å²) in [6.07, 6.45) is 13.5. The Morgan fingerprint density at radius 1 is 0.627 bits per heavy atom. The lowest BCUT2D eigenvalue weighted by Gasteiger charge is -2.60. The van der Waals surface area contributed by atoms with Crippen LogP contribution >= 0.6 is 0 Å². The summed E-state index contributed by atoms with van der Waals surface area (Å²) < 4.78 is 56.0. The maximum atomic E-state index is 12.6. The van der Waals surface area contributed by atoms with E-state index in [1.807, 2.05) is 76.2 Å². The van der Waals surface area contributed by atoms with Crippen molar-refractivity contribution in [2.24, 2.45) is 63.1 Å². The number of rotatable bonds is 14. The molecule has 9 aliphatic rings.